The molecule has 0 bridgehead atoms. The maximum absolute atomic E-state index is 13.6. The van der Waals surface area contributed by atoms with Gasteiger partial charge < -0.3 is 4.74 Å². The topological polar surface area (TPSA) is 62.2 Å². The minimum absolute atomic E-state index is 0.0814. The molecule has 0 spiro atoms. The van der Waals surface area contributed by atoms with Crippen LogP contribution in [0, 0.1) is 20.8 Å². The third kappa shape index (κ3) is 5.22. The fourth-order valence-electron chi connectivity index (χ4n) is 4.93. The lowest BCUT2D eigenvalue weighted by atomic mass is 9.94. The number of carbonyl (C=O) groups excluding carboxylic acids is 2. The molecular formula is C28H35N3O3. The summed E-state index contributed by atoms with van der Waals surface area (Å²) >= 11 is 0. The molecule has 2 heterocycles. The second-order valence-electron chi connectivity index (χ2n) is 9.47. The molecule has 2 aliphatic rings. The lowest BCUT2D eigenvalue weighted by molar-refractivity contribution is -0.152. The zero-order valence-electron chi connectivity index (χ0n) is 20.7. The standard InChI is InChI=1S/C28H35N3O3/c1-5-34-28(33)25-8-6-7-15-30(25)18-27(32)31-26(22-13-10-19(2)11-14-22)17-24(29-31)23-16-20(3)9-12-21(23)4/h9-14,16,25-26H,5-8,15,17-18H2,1-4H3/t25-,26+/m1/s1. The van der Waals surface area contributed by atoms with E-state index < -0.39 is 0 Å². The predicted molar refractivity (Wildman–Crippen MR) is 134 cm³/mol. The summed E-state index contributed by atoms with van der Waals surface area (Å²) in [5.74, 6) is -0.312. The van der Waals surface area contributed by atoms with Gasteiger partial charge in [-0.1, -0.05) is 53.9 Å². The molecule has 2 aromatic rings. The summed E-state index contributed by atoms with van der Waals surface area (Å²) in [6, 6.07) is 14.2. The molecule has 34 heavy (non-hydrogen) atoms. The van der Waals surface area contributed by atoms with Crippen LogP contribution in [-0.4, -0.2) is 53.2 Å². The summed E-state index contributed by atoms with van der Waals surface area (Å²) in [6.45, 7) is 9.26. The van der Waals surface area contributed by atoms with Gasteiger partial charge in [-0.2, -0.15) is 5.10 Å². The first-order valence-corrected chi connectivity index (χ1v) is 12.3. The maximum Gasteiger partial charge on any atom is 0.323 e. The molecule has 2 atom stereocenters. The number of likely N-dealkylation sites (tertiary alicyclic amines) is 1. The first-order valence-electron chi connectivity index (χ1n) is 12.3. The van der Waals surface area contributed by atoms with Gasteiger partial charge in [0.2, 0.25) is 0 Å². The molecule has 1 amide bonds. The van der Waals surface area contributed by atoms with Crippen LogP contribution >= 0.6 is 0 Å². The minimum atomic E-state index is -0.361. The summed E-state index contributed by atoms with van der Waals surface area (Å²) < 4.78 is 5.29. The zero-order chi connectivity index (χ0) is 24.2. The maximum atomic E-state index is 13.6. The van der Waals surface area contributed by atoms with Crippen molar-refractivity contribution < 1.29 is 14.3 Å². The van der Waals surface area contributed by atoms with Crippen LogP contribution in [0.4, 0.5) is 0 Å². The smallest absolute Gasteiger partial charge is 0.323 e. The van der Waals surface area contributed by atoms with E-state index in [2.05, 4.69) is 63.2 Å². The van der Waals surface area contributed by atoms with Crippen LogP contribution in [0.25, 0.3) is 0 Å². The highest BCUT2D eigenvalue weighted by Gasteiger charge is 2.37. The lowest BCUT2D eigenvalue weighted by Gasteiger charge is -2.34. The van der Waals surface area contributed by atoms with Crippen molar-refractivity contribution in [1.82, 2.24) is 9.91 Å². The second-order valence-corrected chi connectivity index (χ2v) is 9.47. The molecule has 6 heteroatoms. The number of amides is 1. The Morgan fingerprint density at radius 1 is 1.03 bits per heavy atom. The van der Waals surface area contributed by atoms with Crippen LogP contribution in [0.15, 0.2) is 47.6 Å². The van der Waals surface area contributed by atoms with Crippen molar-refractivity contribution in [2.75, 3.05) is 19.7 Å². The number of piperidine rings is 1. The second kappa shape index (κ2) is 10.5. The SMILES string of the molecule is CCOC(=O)[C@H]1CCCCN1CC(=O)N1N=C(c2cc(C)ccc2C)C[C@H]1c1ccc(C)cc1. The number of hydrogen-bond donors (Lipinski definition) is 0. The van der Waals surface area contributed by atoms with E-state index >= 15 is 0 Å². The van der Waals surface area contributed by atoms with Gasteiger partial charge in [-0.3, -0.25) is 14.5 Å². The van der Waals surface area contributed by atoms with Crippen molar-refractivity contribution in [2.45, 2.75) is 65.5 Å². The number of hydrazone groups is 1. The van der Waals surface area contributed by atoms with E-state index in [0.717, 1.165) is 41.7 Å². The van der Waals surface area contributed by atoms with E-state index in [1.54, 1.807) is 5.01 Å². The van der Waals surface area contributed by atoms with E-state index in [1.165, 1.54) is 11.1 Å². The number of rotatable bonds is 6. The Kier molecular flexibility index (Phi) is 7.47. The monoisotopic (exact) mass is 461 g/mol. The largest absolute Gasteiger partial charge is 0.465 e. The molecular weight excluding hydrogens is 426 g/mol. The van der Waals surface area contributed by atoms with Crippen LogP contribution in [0.2, 0.25) is 0 Å². The van der Waals surface area contributed by atoms with Gasteiger partial charge in [0, 0.05) is 12.0 Å². The van der Waals surface area contributed by atoms with Gasteiger partial charge in [-0.15, -0.1) is 0 Å². The van der Waals surface area contributed by atoms with Crippen molar-refractivity contribution in [1.29, 1.82) is 0 Å². The molecule has 1 fully saturated rings. The van der Waals surface area contributed by atoms with E-state index in [0.29, 0.717) is 19.6 Å². The van der Waals surface area contributed by atoms with Crippen molar-refractivity contribution in [3.05, 3.63) is 70.3 Å². The van der Waals surface area contributed by atoms with Gasteiger partial charge in [0.05, 0.1) is 24.9 Å². The Balaban J connectivity index is 1.62. The van der Waals surface area contributed by atoms with E-state index in [9.17, 15) is 9.59 Å². The number of nitrogens with zero attached hydrogens (tertiary/aromatic N) is 3. The Morgan fingerprint density at radius 2 is 1.76 bits per heavy atom. The highest BCUT2D eigenvalue weighted by Crippen LogP contribution is 2.34. The van der Waals surface area contributed by atoms with E-state index in [1.807, 2.05) is 11.8 Å². The molecule has 0 N–H and O–H groups in total. The average Bonchev–Trinajstić information content (AvgIpc) is 3.27. The summed E-state index contributed by atoms with van der Waals surface area (Å²) in [4.78, 5) is 28.1. The molecule has 0 aromatic heterocycles. The fraction of sp³-hybridized carbons (Fsp3) is 0.464. The Hall–Kier alpha value is -2.99. The molecule has 2 aromatic carbocycles. The summed E-state index contributed by atoms with van der Waals surface area (Å²) in [5.41, 5.74) is 6.60. The molecule has 0 radical (unpaired) electrons. The normalized spacial score (nSPS) is 20.8. The quantitative estimate of drug-likeness (QED) is 0.585. The Morgan fingerprint density at radius 3 is 2.50 bits per heavy atom. The first kappa shape index (κ1) is 24.1. The molecule has 180 valence electrons. The van der Waals surface area contributed by atoms with E-state index in [-0.39, 0.29) is 30.5 Å². The minimum Gasteiger partial charge on any atom is -0.465 e. The molecule has 4 rings (SSSR count). The van der Waals surface area contributed by atoms with Crippen LogP contribution in [0.5, 0.6) is 0 Å². The highest BCUT2D eigenvalue weighted by atomic mass is 16.5. The van der Waals surface area contributed by atoms with Gasteiger partial charge >= 0.3 is 5.97 Å². The first-order chi connectivity index (χ1) is 16.4. The molecule has 6 nitrogen and oxygen atoms in total. The number of aryl methyl sites for hydroxylation is 3. The molecule has 0 unspecified atom stereocenters. The van der Waals surface area contributed by atoms with Crippen molar-refractivity contribution in [2.24, 2.45) is 5.10 Å². The zero-order valence-corrected chi connectivity index (χ0v) is 20.7. The fourth-order valence-corrected chi connectivity index (χ4v) is 4.93. The number of esters is 1. The predicted octanol–water partition coefficient (Wildman–Crippen LogP) is 4.71. The highest BCUT2D eigenvalue weighted by molar-refractivity contribution is 6.04. The number of ether oxygens (including phenoxy) is 1. The van der Waals surface area contributed by atoms with Crippen molar-refractivity contribution in [3.63, 3.8) is 0 Å². The Labute approximate surface area is 202 Å². The van der Waals surface area contributed by atoms with Crippen LogP contribution in [0.3, 0.4) is 0 Å². The van der Waals surface area contributed by atoms with Crippen LogP contribution < -0.4 is 0 Å². The van der Waals surface area contributed by atoms with Gasteiger partial charge in [-0.05, 0) is 64.3 Å². The van der Waals surface area contributed by atoms with E-state index in [4.69, 9.17) is 9.84 Å². The molecule has 2 aliphatic heterocycles. The lowest BCUT2D eigenvalue weighted by Crippen LogP contribution is -2.49. The average molecular weight is 462 g/mol. The summed E-state index contributed by atoms with van der Waals surface area (Å²) in [7, 11) is 0. The molecule has 0 saturated carbocycles. The van der Waals surface area contributed by atoms with Crippen molar-refractivity contribution in [3.8, 4) is 0 Å². The third-order valence-corrected chi connectivity index (χ3v) is 6.84. The van der Waals surface area contributed by atoms with Gasteiger partial charge in [0.1, 0.15) is 6.04 Å². The number of carbonyl (C=O) groups is 2. The Bertz CT molecular complexity index is 1080. The third-order valence-electron chi connectivity index (χ3n) is 6.84. The number of benzene rings is 2. The van der Waals surface area contributed by atoms with Crippen molar-refractivity contribution >= 4 is 17.6 Å². The number of hydrogen-bond acceptors (Lipinski definition) is 5. The summed E-state index contributed by atoms with van der Waals surface area (Å²) in [6.07, 6.45) is 3.34. The van der Waals surface area contributed by atoms with Gasteiger partial charge in [-0.25, -0.2) is 5.01 Å². The van der Waals surface area contributed by atoms with Gasteiger partial charge in [0.15, 0.2) is 0 Å². The van der Waals surface area contributed by atoms with Crippen LogP contribution in [-0.2, 0) is 14.3 Å². The van der Waals surface area contributed by atoms with Crippen LogP contribution in [0.1, 0.15) is 66.5 Å². The van der Waals surface area contributed by atoms with Gasteiger partial charge in [0.25, 0.3) is 5.91 Å². The molecule has 1 saturated heterocycles. The molecule has 0 aliphatic carbocycles. The summed E-state index contributed by atoms with van der Waals surface area (Å²) in [5, 5.41) is 6.52.